The van der Waals surface area contributed by atoms with Crippen LogP contribution in [0.3, 0.4) is 0 Å². The second-order valence-corrected chi connectivity index (χ2v) is 10.1. The summed E-state index contributed by atoms with van der Waals surface area (Å²) in [7, 11) is 3.39. The van der Waals surface area contributed by atoms with Crippen molar-refractivity contribution < 1.29 is 14.4 Å². The second kappa shape index (κ2) is 25.3. The number of rotatable bonds is 10. The van der Waals surface area contributed by atoms with Gasteiger partial charge in [-0.15, -0.1) is 0 Å². The van der Waals surface area contributed by atoms with Crippen molar-refractivity contribution in [2.75, 3.05) is 34.1 Å². The van der Waals surface area contributed by atoms with E-state index in [4.69, 9.17) is 5.73 Å². The molecule has 0 aliphatic heterocycles. The van der Waals surface area contributed by atoms with E-state index in [-0.39, 0.29) is 17.6 Å². The number of amidine groups is 1. The molecule has 3 aromatic rings. The van der Waals surface area contributed by atoms with Crippen LogP contribution < -0.4 is 25.8 Å². The maximum absolute atomic E-state index is 12.7. The molecule has 0 saturated heterocycles. The number of amides is 3. The number of anilines is 4. The molecule has 2 aromatic carbocycles. The summed E-state index contributed by atoms with van der Waals surface area (Å²) in [5, 5.41) is 2.75. The summed E-state index contributed by atoms with van der Waals surface area (Å²) in [4.78, 5) is 50.9. The highest BCUT2D eigenvalue weighted by molar-refractivity contribution is 6.20. The first-order chi connectivity index (χ1) is 24.1. The fourth-order valence-corrected chi connectivity index (χ4v) is 4.05. The first-order valence-electron chi connectivity index (χ1n) is 17.0. The van der Waals surface area contributed by atoms with Crippen molar-refractivity contribution >= 4 is 46.9 Å². The topological polar surface area (TPSA) is 124 Å². The van der Waals surface area contributed by atoms with E-state index in [1.165, 1.54) is 22.4 Å². The molecule has 50 heavy (non-hydrogen) atoms. The molecule has 0 fully saturated rings. The Morgan fingerprint density at radius 1 is 0.920 bits per heavy atom. The van der Waals surface area contributed by atoms with Crippen molar-refractivity contribution in [1.29, 1.82) is 0 Å². The average Bonchev–Trinajstić information content (AvgIpc) is 3.14. The molecular weight excluding hydrogens is 626 g/mol. The number of benzene rings is 2. The highest BCUT2D eigenvalue weighted by Gasteiger charge is 2.24. The number of nitrogens with zero attached hydrogens (tertiary/aromatic N) is 5. The number of allylic oxidation sites excluding steroid dienone is 1. The van der Waals surface area contributed by atoms with Gasteiger partial charge in [0.05, 0.1) is 5.69 Å². The molecule has 3 rings (SSSR count). The number of aromatic nitrogens is 1. The quantitative estimate of drug-likeness (QED) is 0.0959. The van der Waals surface area contributed by atoms with E-state index in [1.807, 2.05) is 34.6 Å². The molecule has 3 N–H and O–H groups in total. The predicted molar refractivity (Wildman–Crippen MR) is 211 cm³/mol. The fourth-order valence-electron chi connectivity index (χ4n) is 4.05. The molecule has 0 bridgehead atoms. The van der Waals surface area contributed by atoms with Gasteiger partial charge in [0.15, 0.2) is 5.84 Å². The lowest BCUT2D eigenvalue weighted by molar-refractivity contribution is -0.113. The minimum atomic E-state index is -0.362. The molecule has 0 saturated carbocycles. The van der Waals surface area contributed by atoms with E-state index in [0.717, 1.165) is 6.42 Å². The Labute approximate surface area is 299 Å². The molecule has 10 nitrogen and oxygen atoms in total. The molecule has 0 atom stereocenters. The minimum Gasteiger partial charge on any atom is -0.400 e. The number of likely N-dealkylation sites (N-methyl/N-ethyl adjacent to an activating group) is 1. The monoisotopic (exact) mass is 681 g/mol. The Hall–Kier alpha value is -5.69. The van der Waals surface area contributed by atoms with E-state index in [9.17, 15) is 14.4 Å². The zero-order valence-corrected chi connectivity index (χ0v) is 31.4. The van der Waals surface area contributed by atoms with Crippen molar-refractivity contribution in [3.63, 3.8) is 0 Å². The number of carbonyl (C=O) groups excluding carboxylic acids is 3. The van der Waals surface area contributed by atoms with Crippen LogP contribution >= 0.6 is 0 Å². The number of pyridine rings is 1. The standard InChI is InChI=1S/C33H35N7O3.C3H8.2C2H6/c1-6-8-9-16-30(42)38(4)27-13-12-14-28(22-27)40(23-41)32(35-7-2)31(24(3)34)39(5)26-19-17-25(18-20-26)33(43)37-29-15-10-11-21-36-29;1-3-2;2*1-2/h7,10-15,17-23H,2,6,8,34H2,1,3-5H3,(H,36,37,43);3H2,1-2H3;2*1-2H3/b31-24-,35-32?;;;. The lowest BCUT2D eigenvalue weighted by Gasteiger charge is -2.30. The van der Waals surface area contributed by atoms with Crippen molar-refractivity contribution in [3.8, 4) is 11.8 Å². The van der Waals surface area contributed by atoms with E-state index in [0.29, 0.717) is 52.7 Å². The zero-order valence-electron chi connectivity index (χ0n) is 31.4. The summed E-state index contributed by atoms with van der Waals surface area (Å²) in [5.41, 5.74) is 9.27. The summed E-state index contributed by atoms with van der Waals surface area (Å²) < 4.78 is 0. The van der Waals surface area contributed by atoms with Gasteiger partial charge in [-0.05, 0) is 73.9 Å². The van der Waals surface area contributed by atoms with Gasteiger partial charge in [-0.2, -0.15) is 0 Å². The van der Waals surface area contributed by atoms with Gasteiger partial charge >= 0.3 is 5.91 Å². The summed E-state index contributed by atoms with van der Waals surface area (Å²) in [6, 6.07) is 19.0. The average molecular weight is 682 g/mol. The molecule has 0 unspecified atom stereocenters. The van der Waals surface area contributed by atoms with Crippen molar-refractivity contribution in [1.82, 2.24) is 4.98 Å². The van der Waals surface area contributed by atoms with E-state index in [1.54, 1.807) is 98.8 Å². The number of hydrogen-bond donors (Lipinski definition) is 2. The Kier molecular flexibility index (Phi) is 22.5. The Morgan fingerprint density at radius 2 is 1.54 bits per heavy atom. The van der Waals surface area contributed by atoms with Gasteiger partial charge in [0.25, 0.3) is 5.91 Å². The molecule has 268 valence electrons. The summed E-state index contributed by atoms with van der Waals surface area (Å²) in [6.45, 7) is 19.7. The van der Waals surface area contributed by atoms with Gasteiger partial charge < -0.3 is 20.9 Å². The molecule has 3 amide bonds. The Bertz CT molecular complexity index is 1600. The van der Waals surface area contributed by atoms with Gasteiger partial charge in [-0.1, -0.05) is 79.5 Å². The number of unbranched alkanes of at least 4 members (excludes halogenated alkanes) is 1. The van der Waals surface area contributed by atoms with Crippen LogP contribution in [0.1, 0.15) is 85.0 Å². The maximum Gasteiger partial charge on any atom is 0.302 e. The summed E-state index contributed by atoms with van der Waals surface area (Å²) in [5.74, 6) is 5.47. The van der Waals surface area contributed by atoms with Crippen LogP contribution in [-0.2, 0) is 9.59 Å². The second-order valence-electron chi connectivity index (χ2n) is 10.1. The number of hydrogen-bond acceptors (Lipinski definition) is 7. The summed E-state index contributed by atoms with van der Waals surface area (Å²) in [6.07, 6.45) is 6.26. The fraction of sp³-hybridized carbons (Fsp3) is 0.325. The molecule has 10 heteroatoms. The largest absolute Gasteiger partial charge is 0.400 e. The molecule has 0 spiro atoms. The third-order valence-corrected chi connectivity index (χ3v) is 6.26. The number of carbonyl (C=O) groups is 3. The number of nitrogens with two attached hydrogens (primary N) is 1. The molecular formula is C40H55N7O3. The van der Waals surface area contributed by atoms with Gasteiger partial charge in [-0.3, -0.25) is 19.3 Å². The van der Waals surface area contributed by atoms with Crippen LogP contribution in [0.4, 0.5) is 22.9 Å². The smallest absolute Gasteiger partial charge is 0.302 e. The van der Waals surface area contributed by atoms with Crippen molar-refractivity contribution in [2.45, 2.75) is 74.7 Å². The first kappa shape index (κ1) is 44.3. The highest BCUT2D eigenvalue weighted by atomic mass is 16.2. The van der Waals surface area contributed by atoms with Gasteiger partial charge in [0.2, 0.25) is 6.41 Å². The molecule has 0 radical (unpaired) electrons. The SMILES string of the molecule is C=CN=C(/C(=C(\C)N)N(C)c1ccc(C(=O)Nc2ccccn2)cc1)N(C=O)c1cccc(N(C)C(=O)C#CCCC)c1.CC.CC.CCC. The van der Waals surface area contributed by atoms with Gasteiger partial charge in [-0.25, -0.2) is 9.98 Å². The maximum atomic E-state index is 12.7. The molecule has 1 aromatic heterocycles. The van der Waals surface area contributed by atoms with Crippen LogP contribution in [0.5, 0.6) is 0 Å². The lowest BCUT2D eigenvalue weighted by atomic mass is 10.1. The van der Waals surface area contributed by atoms with Gasteiger partial charge in [0, 0.05) is 55.5 Å². The number of nitrogens with one attached hydrogen (secondary N) is 1. The Balaban J connectivity index is 0.00000319. The van der Waals surface area contributed by atoms with Crippen LogP contribution in [-0.4, -0.2) is 43.1 Å². The summed E-state index contributed by atoms with van der Waals surface area (Å²) >= 11 is 0. The molecule has 0 aliphatic carbocycles. The van der Waals surface area contributed by atoms with Crippen molar-refractivity contribution in [3.05, 3.63) is 103 Å². The minimum absolute atomic E-state index is 0.207. The van der Waals surface area contributed by atoms with Crippen LogP contribution in [0.25, 0.3) is 0 Å². The first-order valence-corrected chi connectivity index (χ1v) is 17.0. The van der Waals surface area contributed by atoms with Gasteiger partial charge in [0.1, 0.15) is 11.5 Å². The van der Waals surface area contributed by atoms with Crippen LogP contribution in [0.2, 0.25) is 0 Å². The molecule has 1 heterocycles. The third-order valence-electron chi connectivity index (χ3n) is 6.26. The normalized spacial score (nSPS) is 10.3. The zero-order chi connectivity index (χ0) is 38.1. The van der Waals surface area contributed by atoms with Crippen LogP contribution in [0, 0.1) is 11.8 Å². The highest BCUT2D eigenvalue weighted by Crippen LogP contribution is 2.27. The van der Waals surface area contributed by atoms with E-state index >= 15 is 0 Å². The van der Waals surface area contributed by atoms with E-state index < -0.39 is 0 Å². The molecule has 0 aliphatic rings. The van der Waals surface area contributed by atoms with Crippen LogP contribution in [0.15, 0.2) is 102 Å². The third kappa shape index (κ3) is 13.8. The lowest BCUT2D eigenvalue weighted by Crippen LogP contribution is -2.38. The van der Waals surface area contributed by atoms with Crippen molar-refractivity contribution in [2.24, 2.45) is 10.7 Å². The predicted octanol–water partition coefficient (Wildman–Crippen LogP) is 8.40. The number of aliphatic imine (C=N–C) groups is 1. The van der Waals surface area contributed by atoms with E-state index in [2.05, 4.69) is 47.6 Å². The Morgan fingerprint density at radius 3 is 2.06 bits per heavy atom.